The van der Waals surface area contributed by atoms with Crippen molar-refractivity contribution in [1.29, 1.82) is 0 Å². The predicted octanol–water partition coefficient (Wildman–Crippen LogP) is 3.16. The van der Waals surface area contributed by atoms with Crippen LogP contribution < -0.4 is 5.32 Å². The second kappa shape index (κ2) is 8.35. The summed E-state index contributed by atoms with van der Waals surface area (Å²) in [7, 11) is 0. The highest BCUT2D eigenvalue weighted by molar-refractivity contribution is 7.16. The zero-order valence-electron chi connectivity index (χ0n) is 11.5. The van der Waals surface area contributed by atoms with Gasteiger partial charge in [0.1, 0.15) is 0 Å². The van der Waals surface area contributed by atoms with Gasteiger partial charge in [-0.2, -0.15) is 0 Å². The maximum atomic E-state index is 12.4. The molecular weight excluding hydrogens is 280 g/mol. The van der Waals surface area contributed by atoms with Crippen molar-refractivity contribution in [2.45, 2.75) is 20.4 Å². The number of carbonyl (C=O) groups excluding carboxylic acids is 1. The first kappa shape index (κ1) is 16.2. The van der Waals surface area contributed by atoms with Gasteiger partial charge in [-0.3, -0.25) is 4.79 Å². The van der Waals surface area contributed by atoms with E-state index in [1.807, 2.05) is 30.9 Å². The molecule has 0 aliphatic carbocycles. The fraction of sp³-hybridized carbons (Fsp3) is 0.500. The second-order valence-corrected chi connectivity index (χ2v) is 6.22. The Kier molecular flexibility index (Phi) is 7.13. The number of nitrogens with one attached hydrogen (secondary N) is 1. The van der Waals surface area contributed by atoms with E-state index in [-0.39, 0.29) is 11.8 Å². The molecule has 1 aromatic heterocycles. The van der Waals surface area contributed by atoms with Crippen LogP contribution in [0.1, 0.15) is 18.7 Å². The van der Waals surface area contributed by atoms with E-state index in [1.165, 1.54) is 11.3 Å². The van der Waals surface area contributed by atoms with Crippen molar-refractivity contribution in [3.8, 4) is 0 Å². The van der Waals surface area contributed by atoms with E-state index in [4.69, 9.17) is 11.6 Å². The van der Waals surface area contributed by atoms with Gasteiger partial charge < -0.3 is 10.2 Å². The number of hydrogen-bond donors (Lipinski definition) is 1. The minimum Gasteiger partial charge on any atom is -0.334 e. The van der Waals surface area contributed by atoms with Crippen LogP contribution in [0.5, 0.6) is 0 Å². The van der Waals surface area contributed by atoms with Gasteiger partial charge in [0, 0.05) is 23.9 Å². The Balaban J connectivity index is 2.65. The van der Waals surface area contributed by atoms with Crippen LogP contribution in [-0.2, 0) is 11.3 Å². The molecule has 106 valence electrons. The summed E-state index contributed by atoms with van der Waals surface area (Å²) >= 11 is 7.43. The van der Waals surface area contributed by atoms with Gasteiger partial charge in [-0.05, 0) is 18.7 Å². The molecule has 1 rings (SSSR count). The molecule has 0 spiro atoms. The van der Waals surface area contributed by atoms with Crippen molar-refractivity contribution in [3.63, 3.8) is 0 Å². The summed E-state index contributed by atoms with van der Waals surface area (Å²) in [6.07, 6.45) is 1.76. The molecule has 0 aromatic carbocycles. The van der Waals surface area contributed by atoms with E-state index < -0.39 is 0 Å². The van der Waals surface area contributed by atoms with Crippen molar-refractivity contribution in [1.82, 2.24) is 10.2 Å². The first-order valence-electron chi connectivity index (χ1n) is 6.43. The van der Waals surface area contributed by atoms with Crippen molar-refractivity contribution < 1.29 is 4.79 Å². The molecule has 1 aromatic rings. The van der Waals surface area contributed by atoms with E-state index in [0.717, 1.165) is 15.8 Å². The zero-order valence-corrected chi connectivity index (χ0v) is 13.1. The molecule has 1 N–H and O–H groups in total. The van der Waals surface area contributed by atoms with Gasteiger partial charge in [0.2, 0.25) is 5.91 Å². The summed E-state index contributed by atoms with van der Waals surface area (Å²) in [5.41, 5.74) is 0. The third-order valence-corrected chi connectivity index (χ3v) is 3.97. The number of halogens is 1. The van der Waals surface area contributed by atoms with Crippen LogP contribution in [0.2, 0.25) is 4.34 Å². The molecule has 1 unspecified atom stereocenters. The summed E-state index contributed by atoms with van der Waals surface area (Å²) in [5, 5.41) is 3.20. The Morgan fingerprint density at radius 2 is 2.37 bits per heavy atom. The summed E-state index contributed by atoms with van der Waals surface area (Å²) in [6, 6.07) is 3.82. The maximum absolute atomic E-state index is 12.4. The number of carbonyl (C=O) groups is 1. The second-order valence-electron chi connectivity index (χ2n) is 4.42. The van der Waals surface area contributed by atoms with Gasteiger partial charge in [0.05, 0.1) is 10.9 Å². The van der Waals surface area contributed by atoms with Gasteiger partial charge in [-0.1, -0.05) is 31.5 Å². The highest BCUT2D eigenvalue weighted by Crippen LogP contribution is 2.23. The van der Waals surface area contributed by atoms with Crippen LogP contribution in [0, 0.1) is 5.92 Å². The van der Waals surface area contributed by atoms with E-state index in [1.54, 1.807) is 6.08 Å². The molecule has 0 bridgehead atoms. The lowest BCUT2D eigenvalue weighted by Crippen LogP contribution is -2.38. The lowest BCUT2D eigenvalue weighted by atomic mass is 10.1. The van der Waals surface area contributed by atoms with Crippen LogP contribution >= 0.6 is 22.9 Å². The number of hydrogen-bond acceptors (Lipinski definition) is 3. The molecule has 0 aliphatic heterocycles. The largest absolute Gasteiger partial charge is 0.334 e. The molecule has 19 heavy (non-hydrogen) atoms. The molecular formula is C14H21ClN2OS. The number of nitrogens with zero attached hydrogens (tertiary/aromatic N) is 1. The average molecular weight is 301 g/mol. The Morgan fingerprint density at radius 3 is 2.89 bits per heavy atom. The molecule has 5 heteroatoms. The quantitative estimate of drug-likeness (QED) is 0.748. The molecule has 0 saturated heterocycles. The third-order valence-electron chi connectivity index (χ3n) is 2.76. The Hall–Kier alpha value is -0.840. The van der Waals surface area contributed by atoms with E-state index >= 15 is 0 Å². The number of amides is 1. The predicted molar refractivity (Wildman–Crippen MR) is 82.7 cm³/mol. The van der Waals surface area contributed by atoms with Gasteiger partial charge >= 0.3 is 0 Å². The molecule has 1 amide bonds. The van der Waals surface area contributed by atoms with Crippen LogP contribution in [0.25, 0.3) is 0 Å². The monoisotopic (exact) mass is 300 g/mol. The van der Waals surface area contributed by atoms with Crippen LogP contribution in [0.15, 0.2) is 24.8 Å². The van der Waals surface area contributed by atoms with Crippen molar-refractivity contribution in [3.05, 3.63) is 34.0 Å². The molecule has 0 radical (unpaired) electrons. The van der Waals surface area contributed by atoms with Crippen LogP contribution in [0.3, 0.4) is 0 Å². The van der Waals surface area contributed by atoms with E-state index in [2.05, 4.69) is 11.9 Å². The molecule has 1 atom stereocenters. The third kappa shape index (κ3) is 5.35. The fourth-order valence-electron chi connectivity index (χ4n) is 1.77. The maximum Gasteiger partial charge on any atom is 0.227 e. The Labute approximate surface area is 124 Å². The number of rotatable bonds is 8. The van der Waals surface area contributed by atoms with Crippen molar-refractivity contribution in [2.75, 3.05) is 19.6 Å². The minimum atomic E-state index is -0.0321. The highest BCUT2D eigenvalue weighted by Gasteiger charge is 2.19. The summed E-state index contributed by atoms with van der Waals surface area (Å²) in [5.74, 6) is 0.112. The molecule has 0 saturated carbocycles. The highest BCUT2D eigenvalue weighted by atomic mass is 35.5. The number of thiophene rings is 1. The topological polar surface area (TPSA) is 32.3 Å². The fourth-order valence-corrected chi connectivity index (χ4v) is 2.88. The van der Waals surface area contributed by atoms with E-state index in [9.17, 15) is 4.79 Å². The Morgan fingerprint density at radius 1 is 1.63 bits per heavy atom. The summed E-state index contributed by atoms with van der Waals surface area (Å²) < 4.78 is 0.752. The minimum absolute atomic E-state index is 0.0321. The smallest absolute Gasteiger partial charge is 0.227 e. The Bertz CT molecular complexity index is 419. The van der Waals surface area contributed by atoms with Crippen LogP contribution in [-0.4, -0.2) is 30.4 Å². The van der Waals surface area contributed by atoms with Gasteiger partial charge in [0.15, 0.2) is 0 Å². The normalized spacial score (nSPS) is 12.2. The zero-order chi connectivity index (χ0) is 14.3. The lowest BCUT2D eigenvalue weighted by Gasteiger charge is -2.24. The van der Waals surface area contributed by atoms with Crippen LogP contribution in [0.4, 0.5) is 0 Å². The first-order chi connectivity index (χ1) is 9.08. The molecule has 3 nitrogen and oxygen atoms in total. The van der Waals surface area contributed by atoms with E-state index in [0.29, 0.717) is 19.6 Å². The van der Waals surface area contributed by atoms with Gasteiger partial charge in [-0.15, -0.1) is 17.9 Å². The van der Waals surface area contributed by atoms with Crippen molar-refractivity contribution in [2.24, 2.45) is 5.92 Å². The summed E-state index contributed by atoms with van der Waals surface area (Å²) in [6.45, 7) is 10.4. The first-order valence-corrected chi connectivity index (χ1v) is 7.62. The van der Waals surface area contributed by atoms with Gasteiger partial charge in [0.25, 0.3) is 0 Å². The summed E-state index contributed by atoms with van der Waals surface area (Å²) in [4.78, 5) is 15.3. The molecule has 0 fully saturated rings. The molecule has 1 heterocycles. The van der Waals surface area contributed by atoms with Gasteiger partial charge in [-0.25, -0.2) is 0 Å². The standard InChI is InChI=1S/C14H21ClN2OS/c1-4-8-17(10-12-6-7-13(15)19-12)14(18)11(3)9-16-5-2/h4,6-7,11,16H,1,5,8-10H2,2-3H3. The van der Waals surface area contributed by atoms with Crippen molar-refractivity contribution >= 4 is 28.8 Å². The lowest BCUT2D eigenvalue weighted by molar-refractivity contribution is -0.134. The molecule has 0 aliphatic rings. The average Bonchev–Trinajstić information content (AvgIpc) is 2.80. The SMILES string of the molecule is C=CCN(Cc1ccc(Cl)s1)C(=O)C(C)CNCC.